The lowest BCUT2D eigenvalue weighted by Crippen LogP contribution is -2.02. The van der Waals surface area contributed by atoms with Crippen molar-refractivity contribution < 1.29 is 9.90 Å². The number of aromatic nitrogens is 2. The Morgan fingerprint density at radius 2 is 1.91 bits per heavy atom. The highest BCUT2D eigenvalue weighted by atomic mass is 79.9. The van der Waals surface area contributed by atoms with Gasteiger partial charge in [-0.25, -0.2) is 9.48 Å². The molecule has 0 unspecified atom stereocenters. The van der Waals surface area contributed by atoms with Crippen LogP contribution in [0, 0.1) is 0 Å². The number of carboxylic acids is 1. The van der Waals surface area contributed by atoms with Crippen LogP contribution in [0.3, 0.4) is 0 Å². The number of hydrogen-bond acceptors (Lipinski definition) is 2. The molecule has 0 aliphatic heterocycles. The van der Waals surface area contributed by atoms with Gasteiger partial charge in [0.25, 0.3) is 0 Å². The molecular formula is C16H10BrClN2O2. The van der Waals surface area contributed by atoms with E-state index in [1.165, 1.54) is 6.07 Å². The molecule has 1 N–H and O–H groups in total. The van der Waals surface area contributed by atoms with Crippen molar-refractivity contribution in [2.24, 2.45) is 0 Å². The van der Waals surface area contributed by atoms with Crippen LogP contribution in [-0.2, 0) is 0 Å². The molecule has 4 nitrogen and oxygen atoms in total. The van der Waals surface area contributed by atoms with E-state index in [-0.39, 0.29) is 5.69 Å². The maximum Gasteiger partial charge on any atom is 0.356 e. The van der Waals surface area contributed by atoms with E-state index in [0.717, 1.165) is 15.7 Å². The number of rotatable bonds is 3. The molecule has 0 spiro atoms. The minimum Gasteiger partial charge on any atom is -0.476 e. The molecule has 0 bridgehead atoms. The quantitative estimate of drug-likeness (QED) is 0.722. The highest BCUT2D eigenvalue weighted by Crippen LogP contribution is 2.27. The summed E-state index contributed by atoms with van der Waals surface area (Å²) in [6, 6.07) is 16.2. The molecule has 22 heavy (non-hydrogen) atoms. The SMILES string of the molecule is O=C(O)c1cc(-c2cccc(Cl)c2)n(-c2cccc(Br)c2)n1. The third kappa shape index (κ3) is 2.91. The largest absolute Gasteiger partial charge is 0.476 e. The first kappa shape index (κ1) is 14.8. The Morgan fingerprint density at radius 3 is 2.59 bits per heavy atom. The van der Waals surface area contributed by atoms with Crippen LogP contribution in [0.5, 0.6) is 0 Å². The molecule has 6 heteroatoms. The monoisotopic (exact) mass is 376 g/mol. The van der Waals surface area contributed by atoms with Crippen molar-refractivity contribution in [2.45, 2.75) is 0 Å². The van der Waals surface area contributed by atoms with E-state index >= 15 is 0 Å². The zero-order valence-corrected chi connectivity index (χ0v) is 13.5. The van der Waals surface area contributed by atoms with Crippen molar-refractivity contribution in [1.82, 2.24) is 9.78 Å². The van der Waals surface area contributed by atoms with Gasteiger partial charge < -0.3 is 5.11 Å². The molecule has 0 aliphatic carbocycles. The summed E-state index contributed by atoms with van der Waals surface area (Å²) in [4.78, 5) is 11.3. The number of halogens is 2. The van der Waals surface area contributed by atoms with Gasteiger partial charge in [0.15, 0.2) is 5.69 Å². The fourth-order valence-electron chi connectivity index (χ4n) is 2.14. The molecule has 2 aromatic carbocycles. The lowest BCUT2D eigenvalue weighted by atomic mass is 10.1. The predicted octanol–water partition coefficient (Wildman–Crippen LogP) is 4.65. The molecule has 3 aromatic rings. The molecule has 0 atom stereocenters. The van der Waals surface area contributed by atoms with Crippen LogP contribution in [0.15, 0.2) is 59.1 Å². The zero-order valence-electron chi connectivity index (χ0n) is 11.2. The number of carboxylic acid groups (broad SMARTS) is 1. The number of nitrogens with zero attached hydrogens (tertiary/aromatic N) is 2. The molecule has 1 aromatic heterocycles. The van der Waals surface area contributed by atoms with Crippen LogP contribution in [0.25, 0.3) is 16.9 Å². The Morgan fingerprint density at radius 1 is 1.14 bits per heavy atom. The van der Waals surface area contributed by atoms with Crippen LogP contribution in [0.1, 0.15) is 10.5 Å². The van der Waals surface area contributed by atoms with Crippen molar-refractivity contribution in [1.29, 1.82) is 0 Å². The summed E-state index contributed by atoms with van der Waals surface area (Å²) in [6.45, 7) is 0. The summed E-state index contributed by atoms with van der Waals surface area (Å²) in [5.41, 5.74) is 2.21. The number of benzene rings is 2. The van der Waals surface area contributed by atoms with Crippen molar-refractivity contribution in [3.8, 4) is 16.9 Å². The third-order valence-corrected chi connectivity index (χ3v) is 3.83. The van der Waals surface area contributed by atoms with Gasteiger partial charge in [0, 0.05) is 15.1 Å². The van der Waals surface area contributed by atoms with Gasteiger partial charge in [-0.2, -0.15) is 5.10 Å². The summed E-state index contributed by atoms with van der Waals surface area (Å²) in [5, 5.41) is 14.0. The zero-order chi connectivity index (χ0) is 15.7. The highest BCUT2D eigenvalue weighted by Gasteiger charge is 2.16. The van der Waals surface area contributed by atoms with Gasteiger partial charge in [-0.1, -0.05) is 45.7 Å². The molecule has 0 aliphatic rings. The third-order valence-electron chi connectivity index (χ3n) is 3.10. The normalized spacial score (nSPS) is 10.6. The van der Waals surface area contributed by atoms with Gasteiger partial charge in [0.1, 0.15) is 0 Å². The molecule has 0 amide bonds. The molecule has 1 heterocycles. The minimum absolute atomic E-state index is 0.0186. The molecule has 0 radical (unpaired) electrons. The van der Waals surface area contributed by atoms with E-state index in [0.29, 0.717) is 10.7 Å². The lowest BCUT2D eigenvalue weighted by molar-refractivity contribution is 0.0690. The molecule has 0 saturated carbocycles. The molecular weight excluding hydrogens is 368 g/mol. The molecule has 3 rings (SSSR count). The molecule has 0 saturated heterocycles. The van der Waals surface area contributed by atoms with E-state index in [4.69, 9.17) is 11.6 Å². The van der Waals surface area contributed by atoms with Crippen LogP contribution >= 0.6 is 27.5 Å². The van der Waals surface area contributed by atoms with E-state index < -0.39 is 5.97 Å². The second-order valence-corrected chi connectivity index (χ2v) is 5.97. The van der Waals surface area contributed by atoms with E-state index in [1.807, 2.05) is 36.4 Å². The standard InChI is InChI=1S/C16H10BrClN2O2/c17-11-4-2-6-13(8-11)20-15(9-14(19-20)16(21)22)10-3-1-5-12(18)7-10/h1-9H,(H,21,22). The Balaban J connectivity index is 2.22. The molecule has 0 fully saturated rings. The van der Waals surface area contributed by atoms with Crippen LogP contribution in [0.4, 0.5) is 0 Å². The first-order chi connectivity index (χ1) is 10.5. The average molecular weight is 378 g/mol. The van der Waals surface area contributed by atoms with E-state index in [1.54, 1.807) is 16.8 Å². The topological polar surface area (TPSA) is 55.1 Å². The second kappa shape index (κ2) is 5.94. The summed E-state index contributed by atoms with van der Waals surface area (Å²) < 4.78 is 2.48. The lowest BCUT2D eigenvalue weighted by Gasteiger charge is -2.08. The van der Waals surface area contributed by atoms with Crippen molar-refractivity contribution in [3.05, 3.63) is 69.8 Å². The Labute approximate surface area is 140 Å². The van der Waals surface area contributed by atoms with Gasteiger partial charge in [0.05, 0.1) is 11.4 Å². The maximum absolute atomic E-state index is 11.3. The van der Waals surface area contributed by atoms with Gasteiger partial charge in [0.2, 0.25) is 0 Å². The van der Waals surface area contributed by atoms with E-state index in [2.05, 4.69) is 21.0 Å². The Bertz CT molecular complexity index is 798. The number of aromatic carboxylic acids is 1. The van der Waals surface area contributed by atoms with E-state index in [9.17, 15) is 9.90 Å². The Hall–Kier alpha value is -2.11. The van der Waals surface area contributed by atoms with Gasteiger partial charge in [-0.3, -0.25) is 0 Å². The number of hydrogen-bond donors (Lipinski definition) is 1. The summed E-state index contributed by atoms with van der Waals surface area (Å²) >= 11 is 9.44. The Kier molecular flexibility index (Phi) is 4.00. The highest BCUT2D eigenvalue weighted by molar-refractivity contribution is 9.10. The van der Waals surface area contributed by atoms with Crippen LogP contribution < -0.4 is 0 Å². The van der Waals surface area contributed by atoms with Gasteiger partial charge in [-0.05, 0) is 36.4 Å². The second-order valence-electron chi connectivity index (χ2n) is 4.62. The number of carbonyl (C=O) groups is 1. The summed E-state index contributed by atoms with van der Waals surface area (Å²) in [7, 11) is 0. The van der Waals surface area contributed by atoms with Crippen LogP contribution in [0.2, 0.25) is 5.02 Å². The summed E-state index contributed by atoms with van der Waals surface area (Å²) in [5.74, 6) is -1.07. The van der Waals surface area contributed by atoms with Gasteiger partial charge >= 0.3 is 5.97 Å². The van der Waals surface area contributed by atoms with Gasteiger partial charge in [-0.15, -0.1) is 0 Å². The fourth-order valence-corrected chi connectivity index (χ4v) is 2.72. The van der Waals surface area contributed by atoms with Crippen molar-refractivity contribution >= 4 is 33.5 Å². The molecule has 110 valence electrons. The van der Waals surface area contributed by atoms with Crippen LogP contribution in [-0.4, -0.2) is 20.9 Å². The average Bonchev–Trinajstić information content (AvgIpc) is 2.92. The predicted molar refractivity (Wildman–Crippen MR) is 88.7 cm³/mol. The first-order valence-electron chi connectivity index (χ1n) is 6.40. The maximum atomic E-state index is 11.3. The fraction of sp³-hybridized carbons (Fsp3) is 0. The van der Waals surface area contributed by atoms with Crippen molar-refractivity contribution in [3.63, 3.8) is 0 Å². The smallest absolute Gasteiger partial charge is 0.356 e. The minimum atomic E-state index is -1.07. The summed E-state index contributed by atoms with van der Waals surface area (Å²) in [6.07, 6.45) is 0. The first-order valence-corrected chi connectivity index (χ1v) is 7.57. The van der Waals surface area contributed by atoms with Crippen molar-refractivity contribution in [2.75, 3.05) is 0 Å².